The summed E-state index contributed by atoms with van der Waals surface area (Å²) in [6.45, 7) is 8.97. The fraction of sp³-hybridized carbons (Fsp3) is 0.143. The zero-order chi connectivity index (χ0) is 21.4. The van der Waals surface area contributed by atoms with E-state index in [1.54, 1.807) is 0 Å². The van der Waals surface area contributed by atoms with Crippen molar-refractivity contribution in [1.29, 1.82) is 0 Å². The molecule has 0 unspecified atom stereocenters. The van der Waals surface area contributed by atoms with E-state index in [0.29, 0.717) is 0 Å². The maximum atomic E-state index is 4.66. The second-order valence-corrected chi connectivity index (χ2v) is 16.4. The molecule has 0 spiro atoms. The Labute approximate surface area is 188 Å². The molecule has 0 N–H and O–H groups in total. The molecule has 0 fully saturated rings. The van der Waals surface area contributed by atoms with Crippen LogP contribution in [0.15, 0.2) is 97.1 Å². The first kappa shape index (κ1) is 21.0. The summed E-state index contributed by atoms with van der Waals surface area (Å²) in [6, 6.07) is 35.6. The van der Waals surface area contributed by atoms with E-state index in [1.165, 1.54) is 43.5 Å². The van der Waals surface area contributed by atoms with E-state index in [-0.39, 0.29) is 0 Å². The second kappa shape index (κ2) is 7.80. The average Bonchev–Trinajstić information content (AvgIpc) is 2.75. The third-order valence-electron chi connectivity index (χ3n) is 6.27. The van der Waals surface area contributed by atoms with Crippen LogP contribution in [0.3, 0.4) is 0 Å². The van der Waals surface area contributed by atoms with E-state index in [4.69, 9.17) is 0 Å². The van der Waals surface area contributed by atoms with Crippen LogP contribution < -0.4 is 21.2 Å². The van der Waals surface area contributed by atoms with Crippen LogP contribution >= 0.6 is 20.8 Å². The third-order valence-corrected chi connectivity index (χ3v) is 16.5. The molecule has 0 aliphatic heterocycles. The third kappa shape index (κ3) is 2.91. The molecule has 0 aliphatic carbocycles. The van der Waals surface area contributed by atoms with Crippen LogP contribution in [0.2, 0.25) is 0 Å². The van der Waals surface area contributed by atoms with Crippen molar-refractivity contribution in [3.05, 3.63) is 119 Å². The van der Waals surface area contributed by atoms with Crippen molar-refractivity contribution in [2.75, 3.05) is 0 Å². The van der Waals surface area contributed by atoms with Gasteiger partial charge in [0.1, 0.15) is 0 Å². The molecule has 0 saturated heterocycles. The summed E-state index contributed by atoms with van der Waals surface area (Å²) in [5.41, 5.74) is 5.23. The summed E-state index contributed by atoms with van der Waals surface area (Å²) in [5.74, 6) is 0. The molecule has 4 aromatic rings. The first-order chi connectivity index (χ1) is 14.4. The minimum absolute atomic E-state index is 1.31. The van der Waals surface area contributed by atoms with Crippen molar-refractivity contribution in [2.45, 2.75) is 27.7 Å². The van der Waals surface area contributed by atoms with Gasteiger partial charge in [0.25, 0.3) is 0 Å². The van der Waals surface area contributed by atoms with Crippen molar-refractivity contribution < 1.29 is 0 Å². The minimum atomic E-state index is -3.19. The number of benzene rings is 4. The Hall–Kier alpha value is -2.21. The number of rotatable bonds is 4. The van der Waals surface area contributed by atoms with E-state index in [1.807, 2.05) is 0 Å². The van der Waals surface area contributed by atoms with Crippen LogP contribution in [-0.4, -0.2) is 0 Å². The van der Waals surface area contributed by atoms with Crippen LogP contribution in [0, 0.1) is 27.7 Å². The van der Waals surface area contributed by atoms with Gasteiger partial charge in [-0.05, 0) is 0 Å². The fourth-order valence-electron chi connectivity index (χ4n) is 4.92. The Balaban J connectivity index is 2.37. The van der Waals surface area contributed by atoms with E-state index in [2.05, 4.69) is 140 Å². The summed E-state index contributed by atoms with van der Waals surface area (Å²) in [7, 11) is 0. The van der Waals surface area contributed by atoms with Gasteiger partial charge in [-0.2, -0.15) is 0 Å². The summed E-state index contributed by atoms with van der Waals surface area (Å²) in [6.07, 6.45) is 0. The van der Waals surface area contributed by atoms with Gasteiger partial charge in [-0.1, -0.05) is 0 Å². The normalized spacial score (nSPS) is 12.9. The Morgan fingerprint density at radius 1 is 0.400 bits per heavy atom. The molecule has 0 aliphatic rings. The molecule has 0 bridgehead atoms. The average molecular weight is 475 g/mol. The summed E-state index contributed by atoms with van der Waals surface area (Å²) >= 11 is 4.66. The van der Waals surface area contributed by atoms with Crippen molar-refractivity contribution in [2.24, 2.45) is 0 Å². The number of aryl methyl sites for hydroxylation is 4. The van der Waals surface area contributed by atoms with Crippen molar-refractivity contribution >= 4 is 42.0 Å². The predicted octanol–water partition coefficient (Wildman–Crippen LogP) is 6.39. The van der Waals surface area contributed by atoms with Gasteiger partial charge in [0.2, 0.25) is 0 Å². The van der Waals surface area contributed by atoms with Gasteiger partial charge < -0.3 is 0 Å². The summed E-state index contributed by atoms with van der Waals surface area (Å²) in [5, 5.41) is 2.31. The van der Waals surface area contributed by atoms with Crippen LogP contribution in [0.1, 0.15) is 22.3 Å². The van der Waals surface area contributed by atoms with Crippen LogP contribution in [-0.2, 0) is 0 Å². The second-order valence-electron chi connectivity index (χ2n) is 8.15. The van der Waals surface area contributed by atoms with Gasteiger partial charge in [-0.3, -0.25) is 0 Å². The molecule has 0 saturated carbocycles. The molecule has 0 nitrogen and oxygen atoms in total. The SMILES string of the molecule is Cc1ccccc1P(Br)(c1ccccc1C)(c1ccccc1C)c1ccccc1C. The molecule has 152 valence electrons. The fourth-order valence-corrected chi connectivity index (χ4v) is 15.7. The van der Waals surface area contributed by atoms with Gasteiger partial charge in [0, 0.05) is 0 Å². The van der Waals surface area contributed by atoms with Gasteiger partial charge in [-0.25, -0.2) is 0 Å². The van der Waals surface area contributed by atoms with Crippen LogP contribution in [0.5, 0.6) is 0 Å². The topological polar surface area (TPSA) is 0 Å². The van der Waals surface area contributed by atoms with Crippen molar-refractivity contribution in [3.63, 3.8) is 0 Å². The summed E-state index contributed by atoms with van der Waals surface area (Å²) < 4.78 is 0. The van der Waals surface area contributed by atoms with E-state index >= 15 is 0 Å². The quantitative estimate of drug-likeness (QED) is 0.300. The Kier molecular flexibility index (Phi) is 5.47. The first-order valence-corrected chi connectivity index (χ1v) is 14.6. The molecule has 0 amide bonds. The Bertz CT molecular complexity index is 1030. The predicted molar refractivity (Wildman–Crippen MR) is 139 cm³/mol. The molecule has 0 atom stereocenters. The molecule has 0 radical (unpaired) electrons. The van der Waals surface area contributed by atoms with Gasteiger partial charge in [-0.15, -0.1) is 0 Å². The van der Waals surface area contributed by atoms with Gasteiger partial charge >= 0.3 is 189 Å². The van der Waals surface area contributed by atoms with Gasteiger partial charge in [0.05, 0.1) is 0 Å². The molecular weight excluding hydrogens is 447 g/mol. The molecule has 4 rings (SSSR count). The first-order valence-electron chi connectivity index (χ1n) is 10.4. The van der Waals surface area contributed by atoms with Crippen LogP contribution in [0.25, 0.3) is 0 Å². The molecule has 0 heterocycles. The summed E-state index contributed by atoms with van der Waals surface area (Å²) in [4.78, 5) is 0. The van der Waals surface area contributed by atoms with Gasteiger partial charge in [0.15, 0.2) is 0 Å². The molecule has 30 heavy (non-hydrogen) atoms. The van der Waals surface area contributed by atoms with E-state index < -0.39 is 5.31 Å². The van der Waals surface area contributed by atoms with Crippen molar-refractivity contribution in [3.8, 4) is 0 Å². The monoisotopic (exact) mass is 474 g/mol. The van der Waals surface area contributed by atoms with E-state index in [9.17, 15) is 0 Å². The van der Waals surface area contributed by atoms with Crippen molar-refractivity contribution in [1.82, 2.24) is 0 Å². The molecule has 2 heteroatoms. The Morgan fingerprint density at radius 3 is 0.800 bits per heavy atom. The van der Waals surface area contributed by atoms with Crippen LogP contribution in [0.4, 0.5) is 0 Å². The molecule has 4 aromatic carbocycles. The van der Waals surface area contributed by atoms with E-state index in [0.717, 1.165) is 0 Å². The maximum absolute atomic E-state index is 4.66. The standard InChI is InChI=1S/C28H28BrP/c1-21-13-5-9-17-25(21)30(29,26-18-10-6-14-22(26)2,27-19-11-7-15-23(27)3)28-20-12-8-16-24(28)4/h5-20H,1-4H3. The number of halogens is 1. The zero-order valence-electron chi connectivity index (χ0n) is 18.1. The Morgan fingerprint density at radius 2 is 0.600 bits per heavy atom. The number of hydrogen-bond donors (Lipinski definition) is 0. The molecular formula is C28H28BrP. The zero-order valence-corrected chi connectivity index (χ0v) is 20.5. The molecule has 0 aromatic heterocycles. The number of hydrogen-bond acceptors (Lipinski definition) is 0.